The van der Waals surface area contributed by atoms with Crippen molar-refractivity contribution < 1.29 is 27.3 Å². The topological polar surface area (TPSA) is 128 Å². The van der Waals surface area contributed by atoms with Crippen LogP contribution in [-0.2, 0) is 20.4 Å². The molecule has 1 aromatic heterocycles. The summed E-state index contributed by atoms with van der Waals surface area (Å²) >= 11 is 1.01. The Bertz CT molecular complexity index is 492. The summed E-state index contributed by atoms with van der Waals surface area (Å²) in [5, 5.41) is 0. The molecule has 0 aromatic carbocycles. The second-order valence-corrected chi connectivity index (χ2v) is 8.05. The molecule has 0 aliphatic heterocycles. The highest BCUT2D eigenvalue weighted by molar-refractivity contribution is 8.01. The number of aromatic amines is 1. The van der Waals surface area contributed by atoms with E-state index in [1.807, 2.05) is 0 Å². The van der Waals surface area contributed by atoms with Gasteiger partial charge in [0, 0.05) is 23.4 Å². The van der Waals surface area contributed by atoms with Gasteiger partial charge in [-0.3, -0.25) is 9.12 Å². The van der Waals surface area contributed by atoms with Gasteiger partial charge in [0.2, 0.25) is 0 Å². The molecular formula is C7H12NO6PS2. The normalized spacial score (nSPS) is 14.8. The van der Waals surface area contributed by atoms with Crippen molar-refractivity contribution in [2.75, 3.05) is 5.75 Å². The Morgan fingerprint density at radius 2 is 2.12 bits per heavy atom. The molecule has 0 aliphatic carbocycles. The average molecular weight is 301 g/mol. The molecule has 0 radical (unpaired) electrons. The molecule has 1 aromatic rings. The third-order valence-electron chi connectivity index (χ3n) is 1.90. The van der Waals surface area contributed by atoms with Crippen molar-refractivity contribution in [2.45, 2.75) is 10.7 Å². The third kappa shape index (κ3) is 4.82. The van der Waals surface area contributed by atoms with Gasteiger partial charge in [-0.25, -0.2) is 0 Å². The first-order chi connectivity index (χ1) is 7.71. The summed E-state index contributed by atoms with van der Waals surface area (Å²) in [7, 11) is -9.63. The van der Waals surface area contributed by atoms with E-state index in [0.29, 0.717) is 5.75 Å². The Kier molecular flexibility index (Phi) is 4.82. The fraction of sp³-hybridized carbons (Fsp3) is 0.429. The fourth-order valence-corrected chi connectivity index (χ4v) is 5.26. The van der Waals surface area contributed by atoms with Crippen LogP contribution in [0, 0.1) is 0 Å². The van der Waals surface area contributed by atoms with Crippen LogP contribution in [0.5, 0.6) is 0 Å². The van der Waals surface area contributed by atoms with E-state index in [0.717, 1.165) is 17.5 Å². The monoisotopic (exact) mass is 301 g/mol. The zero-order chi connectivity index (χ0) is 13.1. The molecule has 1 rings (SSSR count). The molecule has 0 aliphatic rings. The number of hydrogen-bond donors (Lipinski definition) is 4. The summed E-state index contributed by atoms with van der Waals surface area (Å²) in [6, 6.07) is 3.51. The van der Waals surface area contributed by atoms with Crippen LogP contribution in [0.3, 0.4) is 0 Å². The van der Waals surface area contributed by atoms with Gasteiger partial charge in [-0.1, -0.05) is 0 Å². The van der Waals surface area contributed by atoms with E-state index in [1.54, 1.807) is 18.3 Å². The maximum Gasteiger partial charge on any atom is 0.346 e. The van der Waals surface area contributed by atoms with E-state index in [2.05, 4.69) is 4.98 Å². The van der Waals surface area contributed by atoms with Crippen LogP contribution in [0.25, 0.3) is 0 Å². The first-order valence-corrected chi connectivity index (χ1v) is 8.77. The molecule has 0 saturated carbocycles. The predicted molar refractivity (Wildman–Crippen MR) is 64.3 cm³/mol. The first kappa shape index (κ1) is 14.7. The zero-order valence-corrected chi connectivity index (χ0v) is 11.1. The van der Waals surface area contributed by atoms with Gasteiger partial charge in [0.25, 0.3) is 10.1 Å². The van der Waals surface area contributed by atoms with E-state index in [4.69, 9.17) is 14.3 Å². The van der Waals surface area contributed by atoms with E-state index >= 15 is 0 Å². The Morgan fingerprint density at radius 1 is 1.47 bits per heavy atom. The van der Waals surface area contributed by atoms with Crippen molar-refractivity contribution in [1.29, 1.82) is 0 Å². The molecule has 0 spiro atoms. The summed E-state index contributed by atoms with van der Waals surface area (Å²) in [6.07, 6.45) is 1.68. The molecule has 1 atom stereocenters. The molecule has 4 N–H and O–H groups in total. The molecule has 98 valence electrons. The summed E-state index contributed by atoms with van der Waals surface area (Å²) in [6.45, 7) is 0. The molecule has 10 heteroatoms. The van der Waals surface area contributed by atoms with Crippen molar-refractivity contribution >= 4 is 29.5 Å². The zero-order valence-electron chi connectivity index (χ0n) is 8.55. The second kappa shape index (κ2) is 5.55. The summed E-state index contributed by atoms with van der Waals surface area (Å²) < 4.78 is 41.3. The van der Waals surface area contributed by atoms with Crippen LogP contribution in [-0.4, -0.2) is 38.5 Å². The second-order valence-electron chi connectivity index (χ2n) is 3.27. The smallest absolute Gasteiger partial charge is 0.346 e. The van der Waals surface area contributed by atoms with Gasteiger partial charge in [0.15, 0.2) is 4.99 Å². The summed E-state index contributed by atoms with van der Waals surface area (Å²) in [5.74, 6) is 0.00114. The quantitative estimate of drug-likeness (QED) is 0.448. The SMILES string of the molecule is O=P(O)(O)[C@@H](CSCc1ccc[nH]1)S(=O)(=O)O. The molecule has 0 saturated heterocycles. The number of thioether (sulfide) groups is 1. The lowest BCUT2D eigenvalue weighted by Crippen LogP contribution is -2.23. The number of H-pyrrole nitrogens is 1. The maximum absolute atomic E-state index is 10.9. The lowest BCUT2D eigenvalue weighted by Gasteiger charge is -2.14. The molecule has 7 nitrogen and oxygen atoms in total. The van der Waals surface area contributed by atoms with Gasteiger partial charge in [-0.2, -0.15) is 20.2 Å². The lowest BCUT2D eigenvalue weighted by atomic mass is 10.5. The van der Waals surface area contributed by atoms with Crippen molar-refractivity contribution in [3.8, 4) is 0 Å². The minimum absolute atomic E-state index is 0.373. The van der Waals surface area contributed by atoms with Gasteiger partial charge >= 0.3 is 7.60 Å². The maximum atomic E-state index is 10.9. The van der Waals surface area contributed by atoms with Crippen LogP contribution < -0.4 is 0 Å². The number of aromatic nitrogens is 1. The van der Waals surface area contributed by atoms with E-state index < -0.39 is 22.7 Å². The van der Waals surface area contributed by atoms with Gasteiger partial charge in [0.1, 0.15) is 0 Å². The van der Waals surface area contributed by atoms with Gasteiger partial charge < -0.3 is 14.8 Å². The van der Waals surface area contributed by atoms with Crippen molar-refractivity contribution in [3.63, 3.8) is 0 Å². The first-order valence-electron chi connectivity index (χ1n) is 4.43. The molecule has 0 bridgehead atoms. The molecule has 0 fully saturated rings. The van der Waals surface area contributed by atoms with Gasteiger partial charge in [-0.05, 0) is 12.1 Å². The predicted octanol–water partition coefficient (Wildman–Crippen LogP) is 0.640. The van der Waals surface area contributed by atoms with Gasteiger partial charge in [0.05, 0.1) is 0 Å². The third-order valence-corrected chi connectivity index (χ3v) is 6.85. The van der Waals surface area contributed by atoms with Crippen molar-refractivity contribution in [2.24, 2.45) is 0 Å². The largest absolute Gasteiger partial charge is 0.364 e. The number of nitrogens with one attached hydrogen (secondary N) is 1. The van der Waals surface area contributed by atoms with Crippen LogP contribution >= 0.6 is 19.4 Å². The highest BCUT2D eigenvalue weighted by Gasteiger charge is 2.39. The number of rotatable bonds is 6. The van der Waals surface area contributed by atoms with Crippen LogP contribution in [0.15, 0.2) is 18.3 Å². The van der Waals surface area contributed by atoms with E-state index in [1.165, 1.54) is 0 Å². The lowest BCUT2D eigenvalue weighted by molar-refractivity contribution is 0.367. The highest BCUT2D eigenvalue weighted by atomic mass is 32.2. The Labute approximate surface area is 103 Å². The van der Waals surface area contributed by atoms with Crippen LogP contribution in [0.2, 0.25) is 0 Å². The number of hydrogen-bond acceptors (Lipinski definition) is 4. The van der Waals surface area contributed by atoms with Crippen molar-refractivity contribution in [3.05, 3.63) is 24.0 Å². The highest BCUT2D eigenvalue weighted by Crippen LogP contribution is 2.45. The van der Waals surface area contributed by atoms with E-state index in [-0.39, 0.29) is 5.75 Å². The minimum atomic E-state index is -4.87. The standard InChI is InChI=1S/C7H12NO6PS2/c9-15(10,11)7(17(12,13)14)5-16-4-6-2-1-3-8-6/h1-3,7-8H,4-5H2,(H2,9,10,11)(H,12,13,14)/t7-/m1/s1. The molecule has 17 heavy (non-hydrogen) atoms. The van der Waals surface area contributed by atoms with Gasteiger partial charge in [-0.15, -0.1) is 0 Å². The van der Waals surface area contributed by atoms with Crippen molar-refractivity contribution in [1.82, 2.24) is 4.98 Å². The summed E-state index contributed by atoms with van der Waals surface area (Å²) in [4.78, 5) is 18.4. The molecule has 0 amide bonds. The molecule has 0 unspecified atom stereocenters. The minimum Gasteiger partial charge on any atom is -0.364 e. The fourth-order valence-electron chi connectivity index (χ4n) is 1.08. The summed E-state index contributed by atoms with van der Waals surface area (Å²) in [5.41, 5.74) is 0.801. The van der Waals surface area contributed by atoms with Crippen LogP contribution in [0.1, 0.15) is 5.69 Å². The average Bonchev–Trinajstić information content (AvgIpc) is 2.60. The molecular weight excluding hydrogens is 289 g/mol. The molecule has 1 heterocycles. The Balaban J connectivity index is 2.61. The van der Waals surface area contributed by atoms with E-state index in [9.17, 15) is 13.0 Å². The van der Waals surface area contributed by atoms with Crippen LogP contribution in [0.4, 0.5) is 0 Å². The Hall–Kier alpha value is -0.310. The Morgan fingerprint density at radius 3 is 2.53 bits per heavy atom.